The third-order valence-electron chi connectivity index (χ3n) is 5.93. The molecule has 0 bridgehead atoms. The van der Waals surface area contributed by atoms with Crippen molar-refractivity contribution in [3.63, 3.8) is 0 Å². The molecule has 0 atom stereocenters. The van der Waals surface area contributed by atoms with Gasteiger partial charge < -0.3 is 14.4 Å². The molecule has 1 fully saturated rings. The van der Waals surface area contributed by atoms with Crippen LogP contribution in [0.3, 0.4) is 0 Å². The first kappa shape index (κ1) is 29.9. The van der Waals surface area contributed by atoms with Crippen LogP contribution in [-0.2, 0) is 4.74 Å². The van der Waals surface area contributed by atoms with E-state index in [1.165, 1.54) is 12.8 Å². The van der Waals surface area contributed by atoms with Crippen molar-refractivity contribution in [3.05, 3.63) is 96.8 Å². The average Bonchev–Trinajstić information content (AvgIpc) is 2.99. The minimum absolute atomic E-state index is 0.145. The van der Waals surface area contributed by atoms with Crippen LogP contribution in [0.25, 0.3) is 22.2 Å². The average molecular weight is 543 g/mol. The molecule has 1 amide bonds. The topological polar surface area (TPSA) is 67.4 Å². The van der Waals surface area contributed by atoms with E-state index in [1.54, 1.807) is 30.4 Å². The molecule has 204 valence electrons. The van der Waals surface area contributed by atoms with Crippen molar-refractivity contribution in [3.8, 4) is 11.3 Å². The van der Waals surface area contributed by atoms with Gasteiger partial charge in [-0.05, 0) is 86.0 Å². The largest absolute Gasteiger partial charge is 0.367 e. The lowest BCUT2D eigenvalue weighted by Gasteiger charge is -2.27. The molecule has 6 nitrogen and oxygen atoms in total. The highest BCUT2D eigenvalue weighted by Crippen LogP contribution is 2.30. The highest BCUT2D eigenvalue weighted by molar-refractivity contribution is 8.00. The number of aromatic nitrogens is 2. The Balaban J connectivity index is 0.000000542. The van der Waals surface area contributed by atoms with Crippen LogP contribution >= 0.6 is 11.9 Å². The number of anilines is 2. The van der Waals surface area contributed by atoms with Gasteiger partial charge in [0.15, 0.2) is 0 Å². The molecule has 2 aromatic carbocycles. The molecule has 7 heteroatoms. The second-order valence-corrected chi connectivity index (χ2v) is 9.86. The van der Waals surface area contributed by atoms with E-state index in [-0.39, 0.29) is 5.91 Å². The number of aryl methyl sites for hydroxylation is 1. The number of ether oxygens (including phenoxy) is 1. The molecule has 1 aliphatic heterocycles. The first-order valence-electron chi connectivity index (χ1n) is 13.3. The Hall–Kier alpha value is -3.68. The molecule has 39 heavy (non-hydrogen) atoms. The SMILES string of the molecule is C=CC.CCCC.Cc1ccc(NC(=O)c2ccc(N3CCOCS3)cc2)cc1-c1nccc2ncccc12. The van der Waals surface area contributed by atoms with Crippen LogP contribution in [0.5, 0.6) is 0 Å². The quantitative estimate of drug-likeness (QED) is 0.202. The third kappa shape index (κ3) is 8.40. The maximum atomic E-state index is 12.9. The number of carbonyl (C=O) groups excluding carboxylic acids is 1. The molecule has 0 radical (unpaired) electrons. The molecule has 3 heterocycles. The molecular weight excluding hydrogens is 504 g/mol. The van der Waals surface area contributed by atoms with Crippen LogP contribution in [0.1, 0.15) is 49.5 Å². The van der Waals surface area contributed by atoms with Gasteiger partial charge in [-0.3, -0.25) is 14.8 Å². The van der Waals surface area contributed by atoms with E-state index >= 15 is 0 Å². The number of hydrogen-bond donors (Lipinski definition) is 1. The molecule has 1 N–H and O–H groups in total. The van der Waals surface area contributed by atoms with Crippen molar-refractivity contribution in [1.82, 2.24) is 9.97 Å². The number of nitrogens with zero attached hydrogens (tertiary/aromatic N) is 3. The molecule has 5 rings (SSSR count). The van der Waals surface area contributed by atoms with Crippen LogP contribution < -0.4 is 9.62 Å². The summed E-state index contributed by atoms with van der Waals surface area (Å²) < 4.78 is 7.56. The first-order valence-corrected chi connectivity index (χ1v) is 14.2. The second-order valence-electron chi connectivity index (χ2n) is 8.93. The lowest BCUT2D eigenvalue weighted by Crippen LogP contribution is -2.26. The molecule has 0 saturated carbocycles. The van der Waals surface area contributed by atoms with Crippen molar-refractivity contribution in [2.75, 3.05) is 28.7 Å². The second kappa shape index (κ2) is 15.7. The Kier molecular flexibility index (Phi) is 12.0. The Labute approximate surface area is 236 Å². The van der Waals surface area contributed by atoms with Crippen molar-refractivity contribution in [2.24, 2.45) is 0 Å². The van der Waals surface area contributed by atoms with E-state index in [4.69, 9.17) is 4.74 Å². The zero-order chi connectivity index (χ0) is 28.0. The van der Waals surface area contributed by atoms with Crippen LogP contribution in [-0.4, -0.2) is 35.0 Å². The smallest absolute Gasteiger partial charge is 0.255 e. The fourth-order valence-electron chi connectivity index (χ4n) is 3.73. The van der Waals surface area contributed by atoms with E-state index in [0.717, 1.165) is 45.6 Å². The van der Waals surface area contributed by atoms with E-state index < -0.39 is 0 Å². The van der Waals surface area contributed by atoms with Gasteiger partial charge >= 0.3 is 0 Å². The number of rotatable bonds is 5. The fraction of sp³-hybridized carbons (Fsp3) is 0.281. The summed E-state index contributed by atoms with van der Waals surface area (Å²) in [6, 6.07) is 19.4. The number of pyridine rings is 2. The van der Waals surface area contributed by atoms with Crippen LogP contribution in [0.15, 0.2) is 85.7 Å². The van der Waals surface area contributed by atoms with Crippen molar-refractivity contribution in [1.29, 1.82) is 0 Å². The third-order valence-corrected chi connectivity index (χ3v) is 6.91. The van der Waals surface area contributed by atoms with Gasteiger partial charge in [-0.25, -0.2) is 0 Å². The van der Waals surface area contributed by atoms with Gasteiger partial charge in [0.25, 0.3) is 5.91 Å². The van der Waals surface area contributed by atoms with E-state index in [0.29, 0.717) is 18.1 Å². The lowest BCUT2D eigenvalue weighted by molar-refractivity contribution is 0.102. The predicted octanol–water partition coefficient (Wildman–Crippen LogP) is 8.30. The Morgan fingerprint density at radius 3 is 2.49 bits per heavy atom. The van der Waals surface area contributed by atoms with Gasteiger partial charge in [0, 0.05) is 40.3 Å². The normalized spacial score (nSPS) is 12.5. The first-order chi connectivity index (χ1) is 19.0. The maximum absolute atomic E-state index is 12.9. The highest BCUT2D eigenvalue weighted by Gasteiger charge is 2.14. The van der Waals surface area contributed by atoms with E-state index in [9.17, 15) is 4.79 Å². The molecular formula is C32H38N4O2S. The fourth-order valence-corrected chi connectivity index (χ4v) is 4.52. The van der Waals surface area contributed by atoms with Crippen LogP contribution in [0.4, 0.5) is 11.4 Å². The number of carbonyl (C=O) groups is 1. The van der Waals surface area contributed by atoms with Crippen molar-refractivity contribution >= 4 is 40.1 Å². The highest BCUT2D eigenvalue weighted by atomic mass is 32.2. The van der Waals surface area contributed by atoms with Gasteiger partial charge in [-0.1, -0.05) is 38.8 Å². The minimum atomic E-state index is -0.145. The minimum Gasteiger partial charge on any atom is -0.367 e. The molecule has 4 aromatic rings. The van der Waals surface area contributed by atoms with Crippen LogP contribution in [0.2, 0.25) is 0 Å². The number of amides is 1. The van der Waals surface area contributed by atoms with Gasteiger partial charge in [0.1, 0.15) is 5.94 Å². The number of fused-ring (bicyclic) bond motifs is 1. The molecule has 1 aliphatic rings. The number of unbranched alkanes of at least 4 members (excludes halogenated alkanes) is 1. The van der Waals surface area contributed by atoms with Crippen molar-refractivity contribution in [2.45, 2.75) is 40.5 Å². The molecule has 2 aromatic heterocycles. The van der Waals surface area contributed by atoms with Gasteiger partial charge in [0.2, 0.25) is 0 Å². The number of hydrogen-bond acceptors (Lipinski definition) is 6. The monoisotopic (exact) mass is 542 g/mol. The maximum Gasteiger partial charge on any atom is 0.255 e. The Morgan fingerprint density at radius 2 is 1.82 bits per heavy atom. The number of benzene rings is 2. The number of nitrogens with one attached hydrogen (secondary N) is 1. The van der Waals surface area contributed by atoms with Gasteiger partial charge in [0.05, 0.1) is 24.4 Å². The van der Waals surface area contributed by atoms with Gasteiger partial charge in [-0.2, -0.15) is 0 Å². The summed E-state index contributed by atoms with van der Waals surface area (Å²) >= 11 is 1.63. The lowest BCUT2D eigenvalue weighted by atomic mass is 10.0. The summed E-state index contributed by atoms with van der Waals surface area (Å²) in [6.07, 6.45) is 7.93. The predicted molar refractivity (Wildman–Crippen MR) is 166 cm³/mol. The summed E-state index contributed by atoms with van der Waals surface area (Å²) in [5, 5.41) is 4.01. The zero-order valence-electron chi connectivity index (χ0n) is 23.3. The van der Waals surface area contributed by atoms with E-state index in [1.807, 2.05) is 74.5 Å². The Morgan fingerprint density at radius 1 is 1.08 bits per heavy atom. The summed E-state index contributed by atoms with van der Waals surface area (Å²) in [6.45, 7) is 13.2. The van der Waals surface area contributed by atoms with Crippen LogP contribution in [0, 0.1) is 6.92 Å². The molecule has 0 aliphatic carbocycles. The summed E-state index contributed by atoms with van der Waals surface area (Å²) in [7, 11) is 0. The summed E-state index contributed by atoms with van der Waals surface area (Å²) in [5.74, 6) is 0.508. The van der Waals surface area contributed by atoms with Gasteiger partial charge in [-0.15, -0.1) is 6.58 Å². The van der Waals surface area contributed by atoms with E-state index in [2.05, 4.69) is 40.0 Å². The van der Waals surface area contributed by atoms with Crippen molar-refractivity contribution < 1.29 is 9.53 Å². The Bertz CT molecular complexity index is 1340. The molecule has 0 spiro atoms. The molecule has 1 saturated heterocycles. The number of allylic oxidation sites excluding steroid dienone is 1. The summed E-state index contributed by atoms with van der Waals surface area (Å²) in [5.41, 5.74) is 6.22. The zero-order valence-corrected chi connectivity index (χ0v) is 24.1. The molecule has 0 unspecified atom stereocenters. The summed E-state index contributed by atoms with van der Waals surface area (Å²) in [4.78, 5) is 21.9. The standard InChI is InChI=1S/C25H22N4O2S.C4H10.C3H6/c1-17-4-7-19(15-22(17)24-21-3-2-11-26-23(21)10-12-27-24)28-25(30)18-5-8-20(9-6-18)29-13-14-31-16-32-29;1-3-4-2;1-3-2/h2-12,15H,13-14,16H2,1H3,(H,28,30);3-4H2,1-2H3;3H,1H2,2H3.